The lowest BCUT2D eigenvalue weighted by molar-refractivity contribution is -0.384. The summed E-state index contributed by atoms with van der Waals surface area (Å²) in [5, 5.41) is 37.8. The number of carbonyl (C=O) groups is 1. The van der Waals surface area contributed by atoms with Crippen LogP contribution < -0.4 is 5.73 Å². The van der Waals surface area contributed by atoms with Gasteiger partial charge in [-0.25, -0.2) is 4.79 Å². The van der Waals surface area contributed by atoms with E-state index in [0.717, 1.165) is 6.07 Å². The molecular weight excluding hydrogens is 244 g/mol. The first-order valence-corrected chi connectivity index (χ1v) is 4.95. The summed E-state index contributed by atoms with van der Waals surface area (Å²) in [6.45, 7) is -1.02. The predicted octanol–water partition coefficient (Wildman–Crippen LogP) is -0.0566. The first-order chi connectivity index (χ1) is 8.43. The molecule has 8 heteroatoms. The third kappa shape index (κ3) is 2.39. The molecule has 0 fully saturated rings. The molecule has 0 aliphatic carbocycles. The van der Waals surface area contributed by atoms with Crippen LogP contribution in [0.5, 0.6) is 0 Å². The molecule has 0 radical (unpaired) electrons. The van der Waals surface area contributed by atoms with E-state index in [2.05, 4.69) is 0 Å². The molecule has 0 bridgehead atoms. The number of carboxylic acid groups (broad SMARTS) is 1. The molecule has 0 heterocycles. The number of aromatic carboxylic acids is 1. The summed E-state index contributed by atoms with van der Waals surface area (Å²) in [5.74, 6) is -2.26. The van der Waals surface area contributed by atoms with E-state index in [1.54, 1.807) is 0 Å². The zero-order valence-corrected chi connectivity index (χ0v) is 9.24. The van der Waals surface area contributed by atoms with Gasteiger partial charge < -0.3 is 21.1 Å². The quantitative estimate of drug-likeness (QED) is 0.328. The lowest BCUT2D eigenvalue weighted by Gasteiger charge is -2.13. The molecule has 0 atom stereocenters. The first kappa shape index (κ1) is 13.9. The van der Waals surface area contributed by atoms with Crippen molar-refractivity contribution in [2.45, 2.75) is 5.92 Å². The Morgan fingerprint density at radius 3 is 2.33 bits per heavy atom. The molecule has 98 valence electrons. The van der Waals surface area contributed by atoms with Gasteiger partial charge in [0.1, 0.15) is 5.69 Å². The standard InChI is InChI=1S/C10H12N2O6/c11-8-7(10(15)16)2-1-6(5(3-13)4-14)9(8)12(17)18/h1-2,5,13-14H,3-4,11H2,(H,15,16). The van der Waals surface area contributed by atoms with E-state index < -0.39 is 41.4 Å². The van der Waals surface area contributed by atoms with Crippen LogP contribution in [0, 0.1) is 10.1 Å². The lowest BCUT2D eigenvalue weighted by Crippen LogP contribution is -2.14. The summed E-state index contributed by atoms with van der Waals surface area (Å²) >= 11 is 0. The van der Waals surface area contributed by atoms with Crippen molar-refractivity contribution in [2.75, 3.05) is 18.9 Å². The normalized spacial score (nSPS) is 10.6. The number of aliphatic hydroxyl groups excluding tert-OH is 2. The van der Waals surface area contributed by atoms with E-state index in [-0.39, 0.29) is 11.1 Å². The van der Waals surface area contributed by atoms with E-state index in [1.807, 2.05) is 0 Å². The smallest absolute Gasteiger partial charge is 0.338 e. The van der Waals surface area contributed by atoms with Gasteiger partial charge in [0.2, 0.25) is 0 Å². The second-order valence-corrected chi connectivity index (χ2v) is 3.59. The molecule has 0 amide bonds. The van der Waals surface area contributed by atoms with Gasteiger partial charge in [-0.15, -0.1) is 0 Å². The number of nitrogens with zero attached hydrogens (tertiary/aromatic N) is 1. The van der Waals surface area contributed by atoms with Crippen molar-refractivity contribution in [1.29, 1.82) is 0 Å². The highest BCUT2D eigenvalue weighted by molar-refractivity contribution is 5.96. The average molecular weight is 256 g/mol. The van der Waals surface area contributed by atoms with Gasteiger partial charge in [-0.05, 0) is 6.07 Å². The van der Waals surface area contributed by atoms with Crippen LogP contribution in [0.15, 0.2) is 12.1 Å². The fourth-order valence-corrected chi connectivity index (χ4v) is 1.60. The van der Waals surface area contributed by atoms with Gasteiger partial charge in [-0.3, -0.25) is 10.1 Å². The van der Waals surface area contributed by atoms with Crippen LogP contribution in [0.2, 0.25) is 0 Å². The summed E-state index contributed by atoms with van der Waals surface area (Å²) in [6, 6.07) is 2.29. The monoisotopic (exact) mass is 256 g/mol. The number of nitro groups is 1. The van der Waals surface area contributed by atoms with Crippen LogP contribution in [0.3, 0.4) is 0 Å². The van der Waals surface area contributed by atoms with Crippen LogP contribution in [0.4, 0.5) is 11.4 Å². The summed E-state index contributed by atoms with van der Waals surface area (Å²) in [7, 11) is 0. The molecule has 1 rings (SSSR count). The Labute approximate surface area is 101 Å². The maximum Gasteiger partial charge on any atom is 0.338 e. The van der Waals surface area contributed by atoms with Gasteiger partial charge in [-0.2, -0.15) is 0 Å². The van der Waals surface area contributed by atoms with Gasteiger partial charge >= 0.3 is 5.97 Å². The van der Waals surface area contributed by atoms with Crippen molar-refractivity contribution in [3.8, 4) is 0 Å². The van der Waals surface area contributed by atoms with Crippen molar-refractivity contribution >= 4 is 17.3 Å². The van der Waals surface area contributed by atoms with Crippen molar-refractivity contribution in [2.24, 2.45) is 0 Å². The molecule has 0 saturated heterocycles. The Bertz CT molecular complexity index is 484. The summed E-state index contributed by atoms with van der Waals surface area (Å²) in [6.07, 6.45) is 0. The van der Waals surface area contributed by atoms with Crippen molar-refractivity contribution < 1.29 is 25.0 Å². The highest BCUT2D eigenvalue weighted by Gasteiger charge is 2.27. The maximum absolute atomic E-state index is 10.9. The van der Waals surface area contributed by atoms with E-state index in [9.17, 15) is 14.9 Å². The largest absolute Gasteiger partial charge is 0.478 e. The fourth-order valence-electron chi connectivity index (χ4n) is 1.60. The van der Waals surface area contributed by atoms with Crippen molar-refractivity contribution in [3.63, 3.8) is 0 Å². The van der Waals surface area contributed by atoms with Gasteiger partial charge in [0.15, 0.2) is 0 Å². The molecule has 18 heavy (non-hydrogen) atoms. The number of nitrogens with two attached hydrogens (primary N) is 1. The van der Waals surface area contributed by atoms with Crippen molar-refractivity contribution in [1.82, 2.24) is 0 Å². The van der Waals surface area contributed by atoms with Crippen LogP contribution in [-0.4, -0.2) is 39.4 Å². The van der Waals surface area contributed by atoms with Crippen LogP contribution in [0.25, 0.3) is 0 Å². The molecule has 1 aromatic carbocycles. The second kappa shape index (κ2) is 5.43. The highest BCUT2D eigenvalue weighted by atomic mass is 16.6. The minimum Gasteiger partial charge on any atom is -0.478 e. The van der Waals surface area contributed by atoms with Crippen LogP contribution in [0.1, 0.15) is 21.8 Å². The van der Waals surface area contributed by atoms with Crippen molar-refractivity contribution in [3.05, 3.63) is 33.4 Å². The third-order valence-corrected chi connectivity index (χ3v) is 2.54. The molecular formula is C10H12N2O6. The van der Waals surface area contributed by atoms with E-state index in [0.29, 0.717) is 0 Å². The number of rotatable bonds is 5. The zero-order valence-electron chi connectivity index (χ0n) is 9.24. The maximum atomic E-state index is 10.9. The van der Waals surface area contributed by atoms with Gasteiger partial charge in [-0.1, -0.05) is 6.07 Å². The SMILES string of the molecule is Nc1c(C(=O)O)ccc(C(CO)CO)c1[N+](=O)[O-]. The molecule has 5 N–H and O–H groups in total. The Kier molecular flexibility index (Phi) is 4.18. The minimum atomic E-state index is -1.38. The van der Waals surface area contributed by atoms with E-state index >= 15 is 0 Å². The predicted molar refractivity (Wildman–Crippen MR) is 61.4 cm³/mol. The summed E-state index contributed by atoms with van der Waals surface area (Å²) < 4.78 is 0. The number of nitrogen functional groups attached to an aromatic ring is 1. The molecule has 0 unspecified atom stereocenters. The zero-order chi connectivity index (χ0) is 13.9. The topological polar surface area (TPSA) is 147 Å². The number of anilines is 1. The minimum absolute atomic E-state index is 0.00694. The van der Waals surface area contributed by atoms with Gasteiger partial charge in [0, 0.05) is 11.5 Å². The molecule has 0 spiro atoms. The Morgan fingerprint density at radius 2 is 1.94 bits per heavy atom. The first-order valence-electron chi connectivity index (χ1n) is 4.95. The fraction of sp³-hybridized carbons (Fsp3) is 0.300. The Morgan fingerprint density at radius 1 is 1.39 bits per heavy atom. The molecule has 0 aliphatic heterocycles. The lowest BCUT2D eigenvalue weighted by atomic mass is 9.96. The summed E-state index contributed by atoms with van der Waals surface area (Å²) in [5.41, 5.74) is 3.98. The average Bonchev–Trinajstić information content (AvgIpc) is 2.29. The molecule has 0 aromatic heterocycles. The number of carboxylic acids is 1. The van der Waals surface area contributed by atoms with Crippen LogP contribution >= 0.6 is 0 Å². The number of nitro benzene ring substituents is 1. The third-order valence-electron chi connectivity index (χ3n) is 2.54. The van der Waals surface area contributed by atoms with Gasteiger partial charge in [0.05, 0.1) is 23.7 Å². The number of hydrogen-bond acceptors (Lipinski definition) is 6. The van der Waals surface area contributed by atoms with E-state index in [1.165, 1.54) is 6.07 Å². The van der Waals surface area contributed by atoms with E-state index in [4.69, 9.17) is 21.1 Å². The second-order valence-electron chi connectivity index (χ2n) is 3.59. The molecule has 1 aromatic rings. The molecule has 0 aliphatic rings. The van der Waals surface area contributed by atoms with Crippen LogP contribution in [-0.2, 0) is 0 Å². The Hall–Kier alpha value is -2.19. The Balaban J connectivity index is 3.50. The van der Waals surface area contributed by atoms with Gasteiger partial charge in [0.25, 0.3) is 5.69 Å². The molecule has 8 nitrogen and oxygen atoms in total. The summed E-state index contributed by atoms with van der Waals surface area (Å²) in [4.78, 5) is 20.9. The highest BCUT2D eigenvalue weighted by Crippen LogP contribution is 2.34. The number of benzene rings is 1. The number of hydrogen-bond donors (Lipinski definition) is 4. The molecule has 0 saturated carbocycles. The number of aliphatic hydroxyl groups is 2.